The fourth-order valence-electron chi connectivity index (χ4n) is 1.26. The number of aromatic nitrogens is 1. The third-order valence-corrected chi connectivity index (χ3v) is 2.32. The van der Waals surface area contributed by atoms with Gasteiger partial charge in [-0.05, 0) is 26.8 Å². The van der Waals surface area contributed by atoms with E-state index in [1.807, 2.05) is 0 Å². The Morgan fingerprint density at radius 1 is 1.58 bits per heavy atom. The normalized spacial score (nSPS) is 11.6. The zero-order chi connectivity index (χ0) is 14.5. The minimum absolute atomic E-state index is 0.319. The highest BCUT2D eigenvalue weighted by Gasteiger charge is 2.14. The van der Waals surface area contributed by atoms with Gasteiger partial charge in [-0.1, -0.05) is 23.8 Å². The molecule has 1 rings (SSSR count). The fraction of sp³-hybridized carbons (Fsp3) is 0.385. The Labute approximate surface area is 117 Å². The van der Waals surface area contributed by atoms with Crippen LogP contribution in [0, 0.1) is 0 Å². The van der Waals surface area contributed by atoms with Gasteiger partial charge in [-0.15, -0.1) is 0 Å². The van der Waals surface area contributed by atoms with Crippen LogP contribution in [-0.4, -0.2) is 23.2 Å². The second kappa shape index (κ2) is 6.43. The molecule has 0 saturated heterocycles. The van der Waals surface area contributed by atoms with Gasteiger partial charge in [0.25, 0.3) is 0 Å². The minimum atomic E-state index is -0.509. The number of nitrogen functional groups attached to an aromatic ring is 1. The maximum absolute atomic E-state index is 11.4. The Hall–Kier alpha value is -1.75. The van der Waals surface area contributed by atoms with E-state index in [4.69, 9.17) is 22.1 Å². The molecule has 0 bridgehead atoms. The Morgan fingerprint density at radius 3 is 2.84 bits per heavy atom. The van der Waals surface area contributed by atoms with Gasteiger partial charge in [-0.2, -0.15) is 0 Å². The van der Waals surface area contributed by atoms with Gasteiger partial charge in [-0.3, -0.25) is 0 Å². The van der Waals surface area contributed by atoms with Gasteiger partial charge in [0.1, 0.15) is 10.8 Å². The lowest BCUT2D eigenvalue weighted by atomic mass is 10.2. The number of halogens is 1. The SMILES string of the molecule is CC(C)(C)OC(=O)NCC=Cc1c(N)ccnc1Cl. The molecule has 0 aliphatic carbocycles. The van der Waals surface area contributed by atoms with E-state index in [1.165, 1.54) is 6.20 Å². The van der Waals surface area contributed by atoms with Crippen molar-refractivity contribution in [3.8, 4) is 0 Å². The number of pyridine rings is 1. The van der Waals surface area contributed by atoms with Gasteiger partial charge < -0.3 is 15.8 Å². The van der Waals surface area contributed by atoms with Gasteiger partial charge in [0.05, 0.1) is 0 Å². The topological polar surface area (TPSA) is 77.2 Å². The zero-order valence-electron chi connectivity index (χ0n) is 11.2. The summed E-state index contributed by atoms with van der Waals surface area (Å²) < 4.78 is 5.09. The number of hydrogen-bond donors (Lipinski definition) is 2. The molecule has 0 fully saturated rings. The summed E-state index contributed by atoms with van der Waals surface area (Å²) in [7, 11) is 0. The second-order valence-electron chi connectivity index (χ2n) is 4.89. The molecule has 0 saturated carbocycles. The smallest absolute Gasteiger partial charge is 0.407 e. The fourth-order valence-corrected chi connectivity index (χ4v) is 1.49. The number of rotatable bonds is 3. The lowest BCUT2D eigenvalue weighted by Gasteiger charge is -2.19. The first-order valence-electron chi connectivity index (χ1n) is 5.83. The minimum Gasteiger partial charge on any atom is -0.444 e. The highest BCUT2D eigenvalue weighted by molar-refractivity contribution is 6.31. The standard InChI is InChI=1S/C13H18ClN3O2/c1-13(2,3)19-12(18)17-7-4-5-9-10(15)6-8-16-11(9)14/h4-6,8H,7H2,1-3H3,(H2,15,16)(H,17,18). The van der Waals surface area contributed by atoms with Crippen molar-refractivity contribution in [2.75, 3.05) is 12.3 Å². The number of nitrogens with one attached hydrogen (secondary N) is 1. The molecule has 5 nitrogen and oxygen atoms in total. The van der Waals surface area contributed by atoms with Crippen molar-refractivity contribution in [2.45, 2.75) is 26.4 Å². The van der Waals surface area contributed by atoms with Crippen molar-refractivity contribution in [1.29, 1.82) is 0 Å². The van der Waals surface area contributed by atoms with E-state index in [2.05, 4.69) is 10.3 Å². The molecule has 1 amide bonds. The van der Waals surface area contributed by atoms with E-state index in [-0.39, 0.29) is 0 Å². The molecule has 3 N–H and O–H groups in total. The average molecular weight is 284 g/mol. The van der Waals surface area contributed by atoms with Crippen LogP contribution < -0.4 is 11.1 Å². The second-order valence-corrected chi connectivity index (χ2v) is 5.25. The third kappa shape index (κ3) is 5.61. The van der Waals surface area contributed by atoms with Crippen LogP contribution in [-0.2, 0) is 4.74 Å². The summed E-state index contributed by atoms with van der Waals surface area (Å²) in [4.78, 5) is 15.3. The van der Waals surface area contributed by atoms with Crippen LogP contribution in [0.4, 0.5) is 10.5 Å². The molecule has 0 aromatic carbocycles. The van der Waals surface area contributed by atoms with Gasteiger partial charge in [0.2, 0.25) is 0 Å². The first-order chi connectivity index (χ1) is 8.79. The van der Waals surface area contributed by atoms with Crippen LogP contribution in [0.1, 0.15) is 26.3 Å². The number of nitrogens with zero attached hydrogens (tertiary/aromatic N) is 1. The van der Waals surface area contributed by atoms with Crippen LogP contribution in [0.15, 0.2) is 18.3 Å². The molecule has 0 unspecified atom stereocenters. The predicted molar refractivity (Wildman–Crippen MR) is 76.9 cm³/mol. The highest BCUT2D eigenvalue weighted by atomic mass is 35.5. The van der Waals surface area contributed by atoms with E-state index in [1.54, 1.807) is 39.0 Å². The molecule has 1 heterocycles. The number of nitrogens with two attached hydrogens (primary N) is 1. The van der Waals surface area contributed by atoms with E-state index in [9.17, 15) is 4.79 Å². The third-order valence-electron chi connectivity index (χ3n) is 2.02. The first kappa shape index (κ1) is 15.3. The number of amides is 1. The van der Waals surface area contributed by atoms with Crippen molar-refractivity contribution in [2.24, 2.45) is 0 Å². The molecule has 1 aromatic rings. The molecular formula is C13H18ClN3O2. The van der Waals surface area contributed by atoms with Crippen LogP contribution in [0.5, 0.6) is 0 Å². The number of hydrogen-bond acceptors (Lipinski definition) is 4. The summed E-state index contributed by atoms with van der Waals surface area (Å²) >= 11 is 5.90. The predicted octanol–water partition coefficient (Wildman–Crippen LogP) is 2.86. The molecule has 0 spiro atoms. The monoisotopic (exact) mass is 283 g/mol. The van der Waals surface area contributed by atoms with Crippen molar-refractivity contribution >= 4 is 29.5 Å². The largest absolute Gasteiger partial charge is 0.444 e. The molecule has 0 radical (unpaired) electrons. The summed E-state index contributed by atoms with van der Waals surface area (Å²) in [6.45, 7) is 5.73. The molecule has 1 aromatic heterocycles. The quantitative estimate of drug-likeness (QED) is 0.836. The number of alkyl carbamates (subject to hydrolysis) is 1. The van der Waals surface area contributed by atoms with Gasteiger partial charge in [-0.25, -0.2) is 9.78 Å². The lowest BCUT2D eigenvalue weighted by molar-refractivity contribution is 0.0534. The maximum Gasteiger partial charge on any atom is 0.407 e. The molecule has 104 valence electrons. The van der Waals surface area contributed by atoms with Gasteiger partial charge in [0.15, 0.2) is 0 Å². The van der Waals surface area contributed by atoms with Crippen LogP contribution >= 0.6 is 11.6 Å². The van der Waals surface area contributed by atoms with Crippen molar-refractivity contribution in [1.82, 2.24) is 10.3 Å². The van der Waals surface area contributed by atoms with E-state index < -0.39 is 11.7 Å². The number of carbonyl (C=O) groups excluding carboxylic acids is 1. The number of ether oxygens (including phenoxy) is 1. The number of carbonyl (C=O) groups is 1. The van der Waals surface area contributed by atoms with Gasteiger partial charge >= 0.3 is 6.09 Å². The van der Waals surface area contributed by atoms with Crippen molar-refractivity contribution in [3.05, 3.63) is 29.1 Å². The summed E-state index contributed by atoms with van der Waals surface area (Å²) in [6.07, 6.45) is 4.50. The summed E-state index contributed by atoms with van der Waals surface area (Å²) in [5, 5.41) is 2.92. The molecule has 0 aliphatic heterocycles. The Bertz CT molecular complexity index is 461. The first-order valence-corrected chi connectivity index (χ1v) is 6.21. The van der Waals surface area contributed by atoms with Crippen LogP contribution in [0.25, 0.3) is 6.08 Å². The van der Waals surface area contributed by atoms with E-state index >= 15 is 0 Å². The zero-order valence-corrected chi connectivity index (χ0v) is 12.0. The van der Waals surface area contributed by atoms with Gasteiger partial charge in [0, 0.05) is 24.0 Å². The molecule has 6 heteroatoms. The Morgan fingerprint density at radius 2 is 2.26 bits per heavy atom. The summed E-state index contributed by atoms with van der Waals surface area (Å²) in [5.41, 5.74) is 6.42. The maximum atomic E-state index is 11.4. The van der Waals surface area contributed by atoms with E-state index in [0.29, 0.717) is 22.9 Å². The average Bonchev–Trinajstić information content (AvgIpc) is 2.25. The molecular weight excluding hydrogens is 266 g/mol. The number of anilines is 1. The lowest BCUT2D eigenvalue weighted by Crippen LogP contribution is -2.32. The molecule has 0 aliphatic rings. The summed E-state index contributed by atoms with van der Waals surface area (Å²) in [5.74, 6) is 0. The van der Waals surface area contributed by atoms with Crippen LogP contribution in [0.2, 0.25) is 5.15 Å². The summed E-state index contributed by atoms with van der Waals surface area (Å²) in [6, 6.07) is 1.66. The Balaban J connectivity index is 2.49. The highest BCUT2D eigenvalue weighted by Crippen LogP contribution is 2.20. The molecule has 19 heavy (non-hydrogen) atoms. The van der Waals surface area contributed by atoms with E-state index in [0.717, 1.165) is 0 Å². The van der Waals surface area contributed by atoms with Crippen molar-refractivity contribution in [3.63, 3.8) is 0 Å². The van der Waals surface area contributed by atoms with Crippen LogP contribution in [0.3, 0.4) is 0 Å². The molecule has 0 atom stereocenters. The van der Waals surface area contributed by atoms with Crippen molar-refractivity contribution < 1.29 is 9.53 Å². The Kier molecular flexibility index (Phi) is 5.18.